The fraction of sp³-hybridized carbons (Fsp3) is 0.346. The molecule has 33 heavy (non-hydrogen) atoms. The summed E-state index contributed by atoms with van der Waals surface area (Å²) in [7, 11) is 0. The number of rotatable bonds is 9. The van der Waals surface area contributed by atoms with E-state index in [2.05, 4.69) is 15.7 Å². The molecule has 172 valence electrons. The number of aromatic nitrogens is 2. The molecular formula is C26H30N4O2S. The summed E-state index contributed by atoms with van der Waals surface area (Å²) in [6.07, 6.45) is 9.93. The van der Waals surface area contributed by atoms with E-state index >= 15 is 0 Å². The molecule has 1 aliphatic carbocycles. The highest BCUT2D eigenvalue weighted by Crippen LogP contribution is 2.24. The van der Waals surface area contributed by atoms with Gasteiger partial charge in [0.15, 0.2) is 0 Å². The predicted molar refractivity (Wildman–Crippen MR) is 131 cm³/mol. The summed E-state index contributed by atoms with van der Waals surface area (Å²) < 4.78 is 1.79. The molecule has 0 spiro atoms. The van der Waals surface area contributed by atoms with Gasteiger partial charge in [0.1, 0.15) is 0 Å². The second-order valence-corrected chi connectivity index (χ2v) is 9.42. The van der Waals surface area contributed by atoms with Crippen molar-refractivity contribution < 1.29 is 9.59 Å². The Kier molecular flexibility index (Phi) is 8.19. The molecule has 7 heteroatoms. The summed E-state index contributed by atoms with van der Waals surface area (Å²) >= 11 is 1.40. The van der Waals surface area contributed by atoms with Gasteiger partial charge in [0.05, 0.1) is 23.2 Å². The number of para-hydroxylation sites is 1. The maximum absolute atomic E-state index is 12.8. The van der Waals surface area contributed by atoms with E-state index in [9.17, 15) is 9.59 Å². The maximum Gasteiger partial charge on any atom is 0.252 e. The van der Waals surface area contributed by atoms with Crippen LogP contribution in [-0.2, 0) is 11.3 Å². The Morgan fingerprint density at radius 1 is 0.970 bits per heavy atom. The van der Waals surface area contributed by atoms with Crippen LogP contribution in [0.2, 0.25) is 0 Å². The minimum atomic E-state index is -0.159. The van der Waals surface area contributed by atoms with E-state index < -0.39 is 0 Å². The average Bonchev–Trinajstić information content (AvgIpc) is 3.35. The zero-order valence-corrected chi connectivity index (χ0v) is 19.5. The van der Waals surface area contributed by atoms with Crippen LogP contribution in [0, 0.1) is 5.92 Å². The van der Waals surface area contributed by atoms with Crippen LogP contribution in [0.3, 0.4) is 0 Å². The fourth-order valence-corrected chi connectivity index (χ4v) is 4.95. The van der Waals surface area contributed by atoms with Gasteiger partial charge in [0.2, 0.25) is 5.91 Å². The lowest BCUT2D eigenvalue weighted by Gasteiger charge is -2.21. The van der Waals surface area contributed by atoms with Gasteiger partial charge in [-0.2, -0.15) is 5.10 Å². The van der Waals surface area contributed by atoms with Crippen molar-refractivity contribution in [3.63, 3.8) is 0 Å². The smallest absolute Gasteiger partial charge is 0.252 e. The van der Waals surface area contributed by atoms with E-state index in [1.165, 1.54) is 43.9 Å². The summed E-state index contributed by atoms with van der Waals surface area (Å²) in [6.45, 7) is 1.14. The second-order valence-electron chi connectivity index (χ2n) is 8.40. The zero-order chi connectivity index (χ0) is 22.9. The normalized spacial score (nSPS) is 14.1. The van der Waals surface area contributed by atoms with Crippen LogP contribution in [0.4, 0.5) is 0 Å². The third-order valence-corrected chi connectivity index (χ3v) is 6.99. The highest BCUT2D eigenvalue weighted by atomic mass is 32.2. The standard InChI is InChI=1S/C26H30N4O2S/c31-25(27-15-20-9-3-1-4-10-20)19-33-24-14-8-7-13-23(24)26(32)28-16-21-17-29-30(18-21)22-11-5-2-6-12-22/h2,5-8,11-14,17-18,20H,1,3-4,9-10,15-16,19H2,(H,27,31)(H,28,32). The molecule has 0 saturated heterocycles. The average molecular weight is 463 g/mol. The van der Waals surface area contributed by atoms with Crippen molar-refractivity contribution >= 4 is 23.6 Å². The second kappa shape index (κ2) is 11.7. The van der Waals surface area contributed by atoms with Gasteiger partial charge < -0.3 is 10.6 Å². The van der Waals surface area contributed by atoms with E-state index in [1.807, 2.05) is 54.7 Å². The van der Waals surface area contributed by atoms with Crippen LogP contribution >= 0.6 is 11.8 Å². The van der Waals surface area contributed by atoms with E-state index in [0.29, 0.717) is 23.8 Å². The Labute approximate surface area is 199 Å². The first kappa shape index (κ1) is 23.1. The molecule has 1 fully saturated rings. The van der Waals surface area contributed by atoms with E-state index in [1.54, 1.807) is 16.9 Å². The number of thioether (sulfide) groups is 1. The molecule has 3 aromatic rings. The Morgan fingerprint density at radius 2 is 1.73 bits per heavy atom. The first-order valence-electron chi connectivity index (χ1n) is 11.5. The molecular weight excluding hydrogens is 432 g/mol. The van der Waals surface area contributed by atoms with Gasteiger partial charge >= 0.3 is 0 Å². The minimum absolute atomic E-state index is 0.0223. The number of amides is 2. The summed E-state index contributed by atoms with van der Waals surface area (Å²) in [5, 5.41) is 10.4. The van der Waals surface area contributed by atoms with Crippen molar-refractivity contribution in [2.24, 2.45) is 5.92 Å². The van der Waals surface area contributed by atoms with Gasteiger partial charge in [-0.25, -0.2) is 4.68 Å². The van der Waals surface area contributed by atoms with Crippen LogP contribution in [0.25, 0.3) is 5.69 Å². The van der Waals surface area contributed by atoms with Crippen LogP contribution in [0.1, 0.15) is 48.0 Å². The molecule has 1 aromatic heterocycles. The van der Waals surface area contributed by atoms with Crippen LogP contribution in [0.15, 0.2) is 71.9 Å². The van der Waals surface area contributed by atoms with Crippen molar-refractivity contribution in [2.45, 2.75) is 43.5 Å². The number of nitrogens with zero attached hydrogens (tertiary/aromatic N) is 2. The van der Waals surface area contributed by atoms with Crippen molar-refractivity contribution in [3.05, 3.63) is 78.1 Å². The van der Waals surface area contributed by atoms with Crippen LogP contribution < -0.4 is 10.6 Å². The molecule has 2 aromatic carbocycles. The van der Waals surface area contributed by atoms with Gasteiger partial charge in [-0.3, -0.25) is 9.59 Å². The third kappa shape index (κ3) is 6.71. The Balaban J connectivity index is 1.28. The molecule has 1 aliphatic rings. The Hall–Kier alpha value is -3.06. The number of carbonyl (C=O) groups excluding carboxylic acids is 2. The van der Waals surface area contributed by atoms with Crippen molar-refractivity contribution in [1.82, 2.24) is 20.4 Å². The quantitative estimate of drug-likeness (QED) is 0.456. The molecule has 2 amide bonds. The molecule has 1 heterocycles. The summed E-state index contributed by atoms with van der Waals surface area (Å²) in [6, 6.07) is 17.3. The summed E-state index contributed by atoms with van der Waals surface area (Å²) in [5.74, 6) is 0.778. The molecule has 2 N–H and O–H groups in total. The molecule has 0 aliphatic heterocycles. The summed E-state index contributed by atoms with van der Waals surface area (Å²) in [5.41, 5.74) is 2.47. The maximum atomic E-state index is 12.8. The highest BCUT2D eigenvalue weighted by Gasteiger charge is 2.16. The molecule has 0 radical (unpaired) electrons. The SMILES string of the molecule is O=C(CSc1ccccc1C(=O)NCc1cnn(-c2ccccc2)c1)NCC1CCCCC1. The minimum Gasteiger partial charge on any atom is -0.355 e. The number of hydrogen-bond acceptors (Lipinski definition) is 4. The largest absolute Gasteiger partial charge is 0.355 e. The summed E-state index contributed by atoms with van der Waals surface area (Å²) in [4.78, 5) is 26.0. The van der Waals surface area contributed by atoms with Gasteiger partial charge in [0, 0.05) is 29.7 Å². The fourth-order valence-electron chi connectivity index (χ4n) is 4.07. The van der Waals surface area contributed by atoms with Crippen LogP contribution in [0.5, 0.6) is 0 Å². The molecule has 6 nitrogen and oxygen atoms in total. The lowest BCUT2D eigenvalue weighted by atomic mass is 9.89. The molecule has 0 atom stereocenters. The molecule has 1 saturated carbocycles. The van der Waals surface area contributed by atoms with Crippen molar-refractivity contribution in [3.8, 4) is 5.69 Å². The van der Waals surface area contributed by atoms with Gasteiger partial charge in [-0.1, -0.05) is 49.6 Å². The highest BCUT2D eigenvalue weighted by molar-refractivity contribution is 8.00. The van der Waals surface area contributed by atoms with Gasteiger partial charge in [-0.05, 0) is 43.0 Å². The third-order valence-electron chi connectivity index (χ3n) is 5.91. The van der Waals surface area contributed by atoms with Gasteiger partial charge in [-0.15, -0.1) is 11.8 Å². The molecule has 4 rings (SSSR count). The number of carbonyl (C=O) groups is 2. The van der Waals surface area contributed by atoms with E-state index in [-0.39, 0.29) is 11.8 Å². The van der Waals surface area contributed by atoms with Crippen molar-refractivity contribution in [1.29, 1.82) is 0 Å². The van der Waals surface area contributed by atoms with Crippen molar-refractivity contribution in [2.75, 3.05) is 12.3 Å². The Morgan fingerprint density at radius 3 is 2.55 bits per heavy atom. The Bertz CT molecular complexity index is 1060. The topological polar surface area (TPSA) is 76.0 Å². The predicted octanol–water partition coefficient (Wildman–Crippen LogP) is 4.59. The number of nitrogens with one attached hydrogen (secondary N) is 2. The van der Waals surface area contributed by atoms with E-state index in [0.717, 1.165) is 22.7 Å². The first-order valence-corrected chi connectivity index (χ1v) is 12.5. The van der Waals surface area contributed by atoms with Crippen LogP contribution in [-0.4, -0.2) is 33.9 Å². The zero-order valence-electron chi connectivity index (χ0n) is 18.7. The number of hydrogen-bond donors (Lipinski definition) is 2. The monoisotopic (exact) mass is 462 g/mol. The first-order chi connectivity index (χ1) is 16.2. The van der Waals surface area contributed by atoms with Gasteiger partial charge in [0.25, 0.3) is 5.91 Å². The number of benzene rings is 2. The molecule has 0 unspecified atom stereocenters. The lowest BCUT2D eigenvalue weighted by Crippen LogP contribution is -2.31. The molecule has 0 bridgehead atoms. The van der Waals surface area contributed by atoms with E-state index in [4.69, 9.17) is 0 Å². The lowest BCUT2D eigenvalue weighted by molar-refractivity contribution is -0.118.